The van der Waals surface area contributed by atoms with Crippen LogP contribution in [0.1, 0.15) is 37.0 Å². The van der Waals surface area contributed by atoms with Crippen molar-refractivity contribution in [1.29, 1.82) is 0 Å². The lowest BCUT2D eigenvalue weighted by Gasteiger charge is -2.12. The van der Waals surface area contributed by atoms with Crippen molar-refractivity contribution < 1.29 is 17.6 Å². The zero-order valence-corrected chi connectivity index (χ0v) is 15.9. The number of hydrogen-bond donors (Lipinski definition) is 2. The number of amides is 1. The molecule has 0 aliphatic heterocycles. The molecule has 0 bridgehead atoms. The first-order valence-electron chi connectivity index (χ1n) is 9.14. The Morgan fingerprint density at radius 1 is 1.15 bits per heavy atom. The van der Waals surface area contributed by atoms with Gasteiger partial charge in [0.1, 0.15) is 5.76 Å². The predicted molar refractivity (Wildman–Crippen MR) is 103 cm³/mol. The van der Waals surface area contributed by atoms with E-state index in [0.29, 0.717) is 18.7 Å². The highest BCUT2D eigenvalue weighted by Gasteiger charge is 2.22. The minimum atomic E-state index is -3.46. The van der Waals surface area contributed by atoms with Gasteiger partial charge in [0.2, 0.25) is 15.9 Å². The van der Waals surface area contributed by atoms with Crippen molar-refractivity contribution in [3.05, 3.63) is 60.1 Å². The van der Waals surface area contributed by atoms with E-state index in [0.717, 1.165) is 31.2 Å². The first kappa shape index (κ1) is 19.4. The fourth-order valence-electron chi connectivity index (χ4n) is 3.10. The molecule has 1 saturated carbocycles. The van der Waals surface area contributed by atoms with Gasteiger partial charge in [-0.25, -0.2) is 13.1 Å². The maximum Gasteiger partial charge on any atom is 0.244 e. The topological polar surface area (TPSA) is 88.4 Å². The van der Waals surface area contributed by atoms with E-state index < -0.39 is 10.0 Å². The number of carbonyl (C=O) groups is 1. The van der Waals surface area contributed by atoms with Gasteiger partial charge in [-0.15, -0.1) is 0 Å². The normalized spacial score (nSPS) is 15.4. The molecule has 6 nitrogen and oxygen atoms in total. The first-order valence-corrected chi connectivity index (χ1v) is 10.6. The molecular weight excluding hydrogens is 364 g/mol. The van der Waals surface area contributed by atoms with Crippen molar-refractivity contribution >= 4 is 22.0 Å². The van der Waals surface area contributed by atoms with Crippen LogP contribution in [0.2, 0.25) is 0 Å². The van der Waals surface area contributed by atoms with Gasteiger partial charge in [0, 0.05) is 18.7 Å². The van der Waals surface area contributed by atoms with Crippen LogP contribution in [-0.2, 0) is 21.2 Å². The van der Waals surface area contributed by atoms with Crippen LogP contribution in [-0.4, -0.2) is 26.9 Å². The summed E-state index contributed by atoms with van der Waals surface area (Å²) in [5.41, 5.74) is 0.963. The van der Waals surface area contributed by atoms with Gasteiger partial charge in [0.25, 0.3) is 0 Å². The van der Waals surface area contributed by atoms with Crippen LogP contribution in [0, 0.1) is 0 Å². The van der Waals surface area contributed by atoms with Gasteiger partial charge < -0.3 is 9.73 Å². The van der Waals surface area contributed by atoms with E-state index in [-0.39, 0.29) is 16.8 Å². The van der Waals surface area contributed by atoms with Crippen LogP contribution in [0.5, 0.6) is 0 Å². The number of benzene rings is 1. The summed E-state index contributed by atoms with van der Waals surface area (Å²) in [7, 11) is -3.46. The molecule has 1 amide bonds. The maximum atomic E-state index is 12.4. The quantitative estimate of drug-likeness (QED) is 0.681. The summed E-state index contributed by atoms with van der Waals surface area (Å²) >= 11 is 0. The Hall–Kier alpha value is -2.38. The molecule has 2 N–H and O–H groups in total. The minimum absolute atomic E-state index is 0.0547. The molecular formula is C20H24N2O4S. The Kier molecular flexibility index (Phi) is 6.47. The van der Waals surface area contributed by atoms with Crippen LogP contribution < -0.4 is 10.0 Å². The molecule has 0 atom stereocenters. The van der Waals surface area contributed by atoms with Crippen molar-refractivity contribution in [3.63, 3.8) is 0 Å². The van der Waals surface area contributed by atoms with E-state index in [1.807, 2.05) is 0 Å². The van der Waals surface area contributed by atoms with E-state index in [1.165, 1.54) is 6.08 Å². The second-order valence-electron chi connectivity index (χ2n) is 6.64. The van der Waals surface area contributed by atoms with E-state index in [9.17, 15) is 13.2 Å². The van der Waals surface area contributed by atoms with Gasteiger partial charge in [-0.05, 0) is 55.2 Å². The molecule has 144 valence electrons. The third-order valence-electron chi connectivity index (χ3n) is 4.57. The number of rotatable bonds is 8. The summed E-state index contributed by atoms with van der Waals surface area (Å²) < 4.78 is 32.7. The zero-order valence-electron chi connectivity index (χ0n) is 15.1. The third kappa shape index (κ3) is 5.80. The highest BCUT2D eigenvalue weighted by Crippen LogP contribution is 2.20. The Labute approximate surface area is 159 Å². The van der Waals surface area contributed by atoms with Gasteiger partial charge in [0.05, 0.1) is 11.2 Å². The third-order valence-corrected chi connectivity index (χ3v) is 6.10. The summed E-state index contributed by atoms with van der Waals surface area (Å²) in [5, 5.41) is 2.79. The first-order chi connectivity index (χ1) is 13.0. The molecule has 1 aromatic heterocycles. The lowest BCUT2D eigenvalue weighted by Crippen LogP contribution is -2.32. The molecule has 2 aromatic rings. The van der Waals surface area contributed by atoms with Gasteiger partial charge in [-0.1, -0.05) is 25.0 Å². The molecule has 0 unspecified atom stereocenters. The average molecular weight is 388 g/mol. The van der Waals surface area contributed by atoms with Crippen molar-refractivity contribution in [2.75, 3.05) is 6.54 Å². The average Bonchev–Trinajstić information content (AvgIpc) is 3.34. The van der Waals surface area contributed by atoms with Crippen LogP contribution in [0.4, 0.5) is 0 Å². The molecule has 7 heteroatoms. The maximum absolute atomic E-state index is 12.4. The highest BCUT2D eigenvalue weighted by atomic mass is 32.2. The van der Waals surface area contributed by atoms with E-state index in [2.05, 4.69) is 10.0 Å². The molecule has 3 rings (SSSR count). The van der Waals surface area contributed by atoms with Crippen molar-refractivity contribution in [2.45, 2.75) is 43.0 Å². The Morgan fingerprint density at radius 2 is 1.89 bits per heavy atom. The fourth-order valence-corrected chi connectivity index (χ4v) is 4.40. The molecule has 1 aromatic carbocycles. The van der Waals surface area contributed by atoms with Gasteiger partial charge >= 0.3 is 0 Å². The zero-order chi connectivity index (χ0) is 19.1. The number of furan rings is 1. The fraction of sp³-hybridized carbons (Fsp3) is 0.350. The highest BCUT2D eigenvalue weighted by molar-refractivity contribution is 7.89. The number of nitrogens with one attached hydrogen (secondary N) is 2. The SMILES string of the molecule is O=C(/C=C/c1ccco1)NCCc1ccc(S(=O)(=O)NC2CCCC2)cc1. The Morgan fingerprint density at radius 3 is 2.56 bits per heavy atom. The minimum Gasteiger partial charge on any atom is -0.465 e. The van der Waals surface area contributed by atoms with Gasteiger partial charge in [0.15, 0.2) is 0 Å². The number of sulfonamides is 1. The molecule has 0 radical (unpaired) electrons. The largest absolute Gasteiger partial charge is 0.465 e. The molecule has 0 spiro atoms. The molecule has 0 saturated heterocycles. The summed E-state index contributed by atoms with van der Waals surface area (Å²) in [6.07, 6.45) is 9.16. The predicted octanol–water partition coefficient (Wildman–Crippen LogP) is 2.87. The number of hydrogen-bond acceptors (Lipinski definition) is 4. The summed E-state index contributed by atoms with van der Waals surface area (Å²) in [5.74, 6) is 0.416. The smallest absolute Gasteiger partial charge is 0.244 e. The lowest BCUT2D eigenvalue weighted by atomic mass is 10.1. The van der Waals surface area contributed by atoms with Crippen molar-refractivity contribution in [1.82, 2.24) is 10.0 Å². The van der Waals surface area contributed by atoms with Crippen molar-refractivity contribution in [3.8, 4) is 0 Å². The molecule has 1 aliphatic carbocycles. The van der Waals surface area contributed by atoms with Gasteiger partial charge in [-0.3, -0.25) is 4.79 Å². The van der Waals surface area contributed by atoms with E-state index in [1.54, 1.807) is 48.7 Å². The standard InChI is InChI=1S/C20H24N2O4S/c23-20(12-9-18-6-3-15-26-18)21-14-13-16-7-10-19(11-8-16)27(24,25)22-17-4-1-2-5-17/h3,6-12,15,17,22H,1-2,4-5,13-14H2,(H,21,23)/b12-9+. The van der Waals surface area contributed by atoms with Crippen LogP contribution in [0.15, 0.2) is 58.1 Å². The second kappa shape index (κ2) is 9.01. The molecule has 1 heterocycles. The Balaban J connectivity index is 1.46. The molecule has 1 fully saturated rings. The Bertz CT molecular complexity index is 865. The van der Waals surface area contributed by atoms with E-state index in [4.69, 9.17) is 4.42 Å². The lowest BCUT2D eigenvalue weighted by molar-refractivity contribution is -0.116. The monoisotopic (exact) mass is 388 g/mol. The summed E-state index contributed by atoms with van der Waals surface area (Å²) in [6, 6.07) is 10.4. The van der Waals surface area contributed by atoms with Crippen LogP contribution in [0.25, 0.3) is 6.08 Å². The summed E-state index contributed by atoms with van der Waals surface area (Å²) in [6.45, 7) is 0.466. The molecule has 1 aliphatic rings. The second-order valence-corrected chi connectivity index (χ2v) is 8.35. The van der Waals surface area contributed by atoms with Gasteiger partial charge in [-0.2, -0.15) is 0 Å². The molecule has 27 heavy (non-hydrogen) atoms. The van der Waals surface area contributed by atoms with Crippen LogP contribution >= 0.6 is 0 Å². The van der Waals surface area contributed by atoms with Crippen LogP contribution in [0.3, 0.4) is 0 Å². The van der Waals surface area contributed by atoms with Crippen molar-refractivity contribution in [2.24, 2.45) is 0 Å². The number of carbonyl (C=O) groups excluding carboxylic acids is 1. The van der Waals surface area contributed by atoms with E-state index >= 15 is 0 Å². The summed E-state index contributed by atoms with van der Waals surface area (Å²) in [4.78, 5) is 12.0.